The molecule has 0 spiro atoms. The fourth-order valence-corrected chi connectivity index (χ4v) is 3.85. The summed E-state index contributed by atoms with van der Waals surface area (Å²) >= 11 is 8.64. The van der Waals surface area contributed by atoms with Crippen molar-refractivity contribution in [2.45, 2.75) is 16.8 Å². The summed E-state index contributed by atoms with van der Waals surface area (Å²) in [6.07, 6.45) is 0. The topological polar surface area (TPSA) is 25.8 Å². The van der Waals surface area contributed by atoms with Crippen LogP contribution in [0.2, 0.25) is 5.28 Å². The normalized spacial score (nSPS) is 11.2. The van der Waals surface area contributed by atoms with E-state index in [2.05, 4.69) is 9.97 Å². The predicted molar refractivity (Wildman–Crippen MR) is 77.6 cm³/mol. The zero-order valence-electron chi connectivity index (χ0n) is 10.2. The Bertz CT molecular complexity index is 804. The van der Waals surface area contributed by atoms with Crippen molar-refractivity contribution in [3.63, 3.8) is 0 Å². The van der Waals surface area contributed by atoms with Crippen molar-refractivity contribution in [2.24, 2.45) is 0 Å². The molecule has 0 aliphatic rings. The Morgan fingerprint density at radius 3 is 2.70 bits per heavy atom. The maximum Gasteiger partial charge on any atom is 0.224 e. The first-order valence-corrected chi connectivity index (χ1v) is 7.60. The molecule has 7 heteroatoms. The van der Waals surface area contributed by atoms with E-state index in [-0.39, 0.29) is 5.28 Å². The van der Waals surface area contributed by atoms with Gasteiger partial charge in [-0.3, -0.25) is 0 Å². The number of halogens is 3. The first-order chi connectivity index (χ1) is 9.52. The number of rotatable bonds is 2. The number of benzene rings is 1. The van der Waals surface area contributed by atoms with Gasteiger partial charge in [-0.05, 0) is 42.8 Å². The summed E-state index contributed by atoms with van der Waals surface area (Å²) in [7, 11) is 0. The molecule has 0 saturated carbocycles. The Morgan fingerprint density at radius 1 is 1.15 bits per heavy atom. The van der Waals surface area contributed by atoms with Crippen LogP contribution < -0.4 is 0 Å². The number of aromatic nitrogens is 2. The van der Waals surface area contributed by atoms with E-state index < -0.39 is 11.6 Å². The van der Waals surface area contributed by atoms with Crippen LogP contribution in [0.4, 0.5) is 8.78 Å². The fraction of sp³-hybridized carbons (Fsp3) is 0.0769. The number of aryl methyl sites for hydroxylation is 1. The molecule has 0 saturated heterocycles. The van der Waals surface area contributed by atoms with Gasteiger partial charge in [-0.2, -0.15) is 0 Å². The van der Waals surface area contributed by atoms with Gasteiger partial charge in [0.2, 0.25) is 5.28 Å². The lowest BCUT2D eigenvalue weighted by molar-refractivity contribution is 0.506. The molecule has 0 aliphatic heterocycles. The van der Waals surface area contributed by atoms with Crippen molar-refractivity contribution in [2.75, 3.05) is 0 Å². The summed E-state index contributed by atoms with van der Waals surface area (Å²) in [4.78, 5) is 10.8. The molecule has 3 rings (SSSR count). The maximum absolute atomic E-state index is 13.2. The average molecular weight is 329 g/mol. The van der Waals surface area contributed by atoms with Crippen molar-refractivity contribution in [3.8, 4) is 0 Å². The second-order valence-electron chi connectivity index (χ2n) is 4.05. The molecule has 0 bridgehead atoms. The molecule has 0 N–H and O–H groups in total. The molecule has 0 fully saturated rings. The van der Waals surface area contributed by atoms with E-state index in [4.69, 9.17) is 11.6 Å². The zero-order valence-corrected chi connectivity index (χ0v) is 12.5. The summed E-state index contributed by atoms with van der Waals surface area (Å²) < 4.78 is 26.2. The molecular formula is C13H7ClF2N2S2. The molecule has 1 aromatic carbocycles. The number of fused-ring (bicyclic) bond motifs is 1. The summed E-state index contributed by atoms with van der Waals surface area (Å²) in [5, 5.41) is 1.64. The van der Waals surface area contributed by atoms with Crippen molar-refractivity contribution in [1.29, 1.82) is 0 Å². The van der Waals surface area contributed by atoms with Gasteiger partial charge in [0.1, 0.15) is 9.86 Å². The number of hydrogen-bond donors (Lipinski definition) is 0. The third-order valence-corrected chi connectivity index (χ3v) is 4.67. The standard InChI is InChI=1S/C13H7ClF2N2S2/c1-6-4-8-11(19-6)17-13(14)18-12(8)20-7-2-3-9(15)10(16)5-7/h2-5H,1H3. The first kappa shape index (κ1) is 13.7. The number of nitrogens with zero attached hydrogens (tertiary/aromatic N) is 2. The zero-order chi connectivity index (χ0) is 14.3. The monoisotopic (exact) mass is 328 g/mol. The van der Waals surface area contributed by atoms with Gasteiger partial charge in [0.15, 0.2) is 11.6 Å². The van der Waals surface area contributed by atoms with Crippen molar-refractivity contribution in [3.05, 3.63) is 46.1 Å². The molecule has 20 heavy (non-hydrogen) atoms. The first-order valence-electron chi connectivity index (χ1n) is 5.59. The van der Waals surface area contributed by atoms with Gasteiger partial charge < -0.3 is 0 Å². The van der Waals surface area contributed by atoms with Crippen LogP contribution in [0, 0.1) is 18.6 Å². The van der Waals surface area contributed by atoms with Crippen molar-refractivity contribution >= 4 is 44.9 Å². The van der Waals surface area contributed by atoms with E-state index >= 15 is 0 Å². The number of thiophene rings is 1. The molecule has 0 atom stereocenters. The van der Waals surface area contributed by atoms with Crippen LogP contribution >= 0.6 is 34.7 Å². The lowest BCUT2D eigenvalue weighted by Crippen LogP contribution is -1.88. The molecule has 2 heterocycles. The molecule has 3 aromatic rings. The fourth-order valence-electron chi connectivity index (χ4n) is 1.72. The molecule has 102 valence electrons. The Hall–Kier alpha value is -1.24. The SMILES string of the molecule is Cc1cc2c(Sc3ccc(F)c(F)c3)nc(Cl)nc2s1. The second-order valence-corrected chi connectivity index (χ2v) is 6.69. The van der Waals surface area contributed by atoms with E-state index in [0.717, 1.165) is 27.2 Å². The van der Waals surface area contributed by atoms with Gasteiger partial charge in [0.25, 0.3) is 0 Å². The van der Waals surface area contributed by atoms with E-state index in [0.29, 0.717) is 9.92 Å². The van der Waals surface area contributed by atoms with Gasteiger partial charge in [-0.25, -0.2) is 18.7 Å². The van der Waals surface area contributed by atoms with E-state index in [9.17, 15) is 8.78 Å². The van der Waals surface area contributed by atoms with Crippen LogP contribution in [-0.4, -0.2) is 9.97 Å². The van der Waals surface area contributed by atoms with Gasteiger partial charge in [-0.1, -0.05) is 11.8 Å². The van der Waals surface area contributed by atoms with Crippen LogP contribution in [0.5, 0.6) is 0 Å². The quantitative estimate of drug-likeness (QED) is 0.484. The largest absolute Gasteiger partial charge is 0.224 e. The Labute approximate surface area is 126 Å². The third kappa shape index (κ3) is 2.63. The molecule has 0 unspecified atom stereocenters. The predicted octanol–water partition coefficient (Wildman–Crippen LogP) is 5.08. The minimum absolute atomic E-state index is 0.143. The molecular weight excluding hydrogens is 322 g/mol. The minimum Gasteiger partial charge on any atom is -0.210 e. The molecule has 2 nitrogen and oxygen atoms in total. The highest BCUT2D eigenvalue weighted by Gasteiger charge is 2.12. The Balaban J connectivity index is 2.07. The Morgan fingerprint density at radius 2 is 1.95 bits per heavy atom. The van der Waals surface area contributed by atoms with E-state index in [1.165, 1.54) is 29.2 Å². The van der Waals surface area contributed by atoms with E-state index in [1.54, 1.807) is 0 Å². The van der Waals surface area contributed by atoms with Crippen LogP contribution in [0.1, 0.15) is 4.88 Å². The van der Waals surface area contributed by atoms with Crippen LogP contribution in [0.3, 0.4) is 0 Å². The molecule has 0 aliphatic carbocycles. The lowest BCUT2D eigenvalue weighted by atomic mass is 10.3. The number of hydrogen-bond acceptors (Lipinski definition) is 4. The van der Waals surface area contributed by atoms with Gasteiger partial charge in [-0.15, -0.1) is 11.3 Å². The van der Waals surface area contributed by atoms with Crippen molar-refractivity contribution < 1.29 is 8.78 Å². The summed E-state index contributed by atoms with van der Waals surface area (Å²) in [5.41, 5.74) is 0. The summed E-state index contributed by atoms with van der Waals surface area (Å²) in [5.74, 6) is -1.75. The van der Waals surface area contributed by atoms with Crippen LogP contribution in [0.15, 0.2) is 34.2 Å². The molecule has 0 amide bonds. The smallest absolute Gasteiger partial charge is 0.210 e. The van der Waals surface area contributed by atoms with Gasteiger partial charge >= 0.3 is 0 Å². The lowest BCUT2D eigenvalue weighted by Gasteiger charge is -2.03. The molecule has 0 radical (unpaired) electrons. The summed E-state index contributed by atoms with van der Waals surface area (Å²) in [6, 6.07) is 5.69. The highest BCUT2D eigenvalue weighted by atomic mass is 35.5. The third-order valence-electron chi connectivity index (χ3n) is 2.56. The second kappa shape index (κ2) is 5.27. The van der Waals surface area contributed by atoms with E-state index in [1.807, 2.05) is 13.0 Å². The van der Waals surface area contributed by atoms with Crippen LogP contribution in [-0.2, 0) is 0 Å². The average Bonchev–Trinajstić information content (AvgIpc) is 2.74. The van der Waals surface area contributed by atoms with Gasteiger partial charge in [0.05, 0.1) is 0 Å². The molecule has 2 aromatic heterocycles. The summed E-state index contributed by atoms with van der Waals surface area (Å²) in [6.45, 7) is 1.96. The highest BCUT2D eigenvalue weighted by Crippen LogP contribution is 2.36. The van der Waals surface area contributed by atoms with Gasteiger partial charge in [0, 0.05) is 15.2 Å². The minimum atomic E-state index is -0.882. The van der Waals surface area contributed by atoms with Crippen LogP contribution in [0.25, 0.3) is 10.2 Å². The highest BCUT2D eigenvalue weighted by molar-refractivity contribution is 7.99. The Kier molecular flexibility index (Phi) is 3.62. The van der Waals surface area contributed by atoms with Crippen molar-refractivity contribution in [1.82, 2.24) is 9.97 Å². The maximum atomic E-state index is 13.2.